The Bertz CT molecular complexity index is 1040. The molecular weight excluding hydrogens is 324 g/mol. The second kappa shape index (κ2) is 6.12. The van der Waals surface area contributed by atoms with Crippen LogP contribution in [0.1, 0.15) is 38.6 Å². The van der Waals surface area contributed by atoms with E-state index in [1.165, 1.54) is 6.07 Å². The van der Waals surface area contributed by atoms with Gasteiger partial charge in [0.25, 0.3) is 0 Å². The number of rotatable bonds is 4. The average molecular weight is 341 g/mol. The maximum absolute atomic E-state index is 11.9. The van der Waals surface area contributed by atoms with E-state index >= 15 is 0 Å². The summed E-state index contributed by atoms with van der Waals surface area (Å²) in [6, 6.07) is 5.03. The molecule has 2 heterocycles. The zero-order valence-electron chi connectivity index (χ0n) is 14.4. The fraction of sp³-hybridized carbons (Fsp3) is 0.263. The molecule has 0 unspecified atom stereocenters. The molecule has 0 amide bonds. The average Bonchev–Trinajstić information content (AvgIpc) is 2.94. The van der Waals surface area contributed by atoms with E-state index in [9.17, 15) is 14.7 Å². The van der Waals surface area contributed by atoms with Gasteiger partial charge in [0, 0.05) is 22.1 Å². The highest BCUT2D eigenvalue weighted by Gasteiger charge is 2.14. The highest BCUT2D eigenvalue weighted by Crippen LogP contribution is 2.30. The van der Waals surface area contributed by atoms with E-state index in [1.54, 1.807) is 19.9 Å². The van der Waals surface area contributed by atoms with Crippen molar-refractivity contribution in [1.82, 2.24) is 0 Å². The Morgan fingerprint density at radius 2 is 1.80 bits per heavy atom. The van der Waals surface area contributed by atoms with E-state index in [4.69, 9.17) is 13.6 Å². The molecule has 0 spiro atoms. The van der Waals surface area contributed by atoms with Gasteiger partial charge >= 0.3 is 5.63 Å². The third-order valence-electron chi connectivity index (χ3n) is 4.43. The number of aryl methyl sites for hydroxylation is 3. The van der Waals surface area contributed by atoms with E-state index in [-0.39, 0.29) is 18.0 Å². The number of carboxylic acids is 1. The van der Waals surface area contributed by atoms with Crippen LogP contribution in [0.4, 0.5) is 0 Å². The first-order chi connectivity index (χ1) is 11.8. The SMILES string of the molecule is Cc1oc(C(=O)[O-])cc1COc1ccc2c(C)c(C)c(=O)oc2c1C. The Kier molecular flexibility index (Phi) is 4.12. The van der Waals surface area contributed by atoms with Crippen LogP contribution in [0.15, 0.2) is 31.8 Å². The van der Waals surface area contributed by atoms with Gasteiger partial charge in [-0.2, -0.15) is 0 Å². The quantitative estimate of drug-likeness (QED) is 0.677. The molecule has 130 valence electrons. The number of benzene rings is 1. The normalized spacial score (nSPS) is 11.0. The summed E-state index contributed by atoms with van der Waals surface area (Å²) in [5, 5.41) is 11.7. The van der Waals surface area contributed by atoms with Gasteiger partial charge in [-0.25, -0.2) is 4.79 Å². The van der Waals surface area contributed by atoms with Crippen molar-refractivity contribution >= 4 is 16.9 Å². The number of carbonyl (C=O) groups excluding carboxylic acids is 1. The first kappa shape index (κ1) is 16.8. The minimum atomic E-state index is -1.37. The number of hydrogen-bond donors (Lipinski definition) is 0. The van der Waals surface area contributed by atoms with Gasteiger partial charge in [-0.1, -0.05) is 0 Å². The Morgan fingerprint density at radius 1 is 1.08 bits per heavy atom. The van der Waals surface area contributed by atoms with E-state index < -0.39 is 5.97 Å². The van der Waals surface area contributed by atoms with Gasteiger partial charge in [0.05, 0.1) is 0 Å². The Hall–Kier alpha value is -3.02. The van der Waals surface area contributed by atoms with Gasteiger partial charge in [-0.05, 0) is 51.5 Å². The molecule has 3 aromatic rings. The molecule has 0 saturated carbocycles. The van der Waals surface area contributed by atoms with Gasteiger partial charge in [-0.15, -0.1) is 0 Å². The Morgan fingerprint density at radius 3 is 2.44 bits per heavy atom. The predicted molar refractivity (Wildman–Crippen MR) is 88.8 cm³/mol. The summed E-state index contributed by atoms with van der Waals surface area (Å²) in [5.41, 5.74) is 2.91. The topological polar surface area (TPSA) is 92.7 Å². The van der Waals surface area contributed by atoms with Crippen LogP contribution in [-0.4, -0.2) is 5.97 Å². The summed E-state index contributed by atoms with van der Waals surface area (Å²) >= 11 is 0. The number of fused-ring (bicyclic) bond motifs is 1. The molecule has 0 N–H and O–H groups in total. The summed E-state index contributed by atoms with van der Waals surface area (Å²) in [6.07, 6.45) is 0. The monoisotopic (exact) mass is 341 g/mol. The van der Waals surface area contributed by atoms with Gasteiger partial charge in [0.2, 0.25) is 0 Å². The smallest absolute Gasteiger partial charge is 0.339 e. The third kappa shape index (κ3) is 2.91. The van der Waals surface area contributed by atoms with Crippen molar-refractivity contribution in [2.75, 3.05) is 0 Å². The summed E-state index contributed by atoms with van der Waals surface area (Å²) in [5.74, 6) is -0.600. The van der Waals surface area contributed by atoms with Gasteiger partial charge in [0.15, 0.2) is 0 Å². The number of carboxylic acid groups (broad SMARTS) is 1. The van der Waals surface area contributed by atoms with Crippen molar-refractivity contribution < 1.29 is 23.5 Å². The Labute approximate surface area is 143 Å². The maximum atomic E-state index is 11.9. The first-order valence-electron chi connectivity index (χ1n) is 7.76. The van der Waals surface area contributed by atoms with Gasteiger partial charge in [-0.3, -0.25) is 0 Å². The molecule has 0 fully saturated rings. The molecule has 0 atom stereocenters. The lowest BCUT2D eigenvalue weighted by atomic mass is 10.0. The fourth-order valence-corrected chi connectivity index (χ4v) is 2.70. The van der Waals surface area contributed by atoms with E-state index in [1.807, 2.05) is 19.9 Å². The zero-order chi connectivity index (χ0) is 18.3. The molecule has 1 aromatic carbocycles. The number of aromatic carboxylic acids is 1. The van der Waals surface area contributed by atoms with Crippen LogP contribution in [0.25, 0.3) is 11.0 Å². The second-order valence-electron chi connectivity index (χ2n) is 5.97. The van der Waals surface area contributed by atoms with Crippen molar-refractivity contribution in [1.29, 1.82) is 0 Å². The number of hydrogen-bond acceptors (Lipinski definition) is 6. The van der Waals surface area contributed by atoms with E-state index in [0.717, 1.165) is 10.9 Å². The van der Waals surface area contributed by atoms with Gasteiger partial charge in [0.1, 0.15) is 35.4 Å². The summed E-state index contributed by atoms with van der Waals surface area (Å²) in [4.78, 5) is 22.8. The number of ether oxygens (including phenoxy) is 1. The lowest BCUT2D eigenvalue weighted by Crippen LogP contribution is -2.21. The molecule has 25 heavy (non-hydrogen) atoms. The summed E-state index contributed by atoms with van der Waals surface area (Å²) in [7, 11) is 0. The van der Waals surface area contributed by atoms with E-state index in [2.05, 4.69) is 0 Å². The molecule has 0 aliphatic carbocycles. The molecule has 2 aromatic heterocycles. The minimum absolute atomic E-state index is 0.129. The highest BCUT2D eigenvalue weighted by molar-refractivity contribution is 5.85. The number of furan rings is 1. The molecule has 0 aliphatic rings. The van der Waals surface area contributed by atoms with Crippen molar-refractivity contribution in [3.8, 4) is 5.75 Å². The largest absolute Gasteiger partial charge is 0.542 e. The van der Waals surface area contributed by atoms with E-state index in [0.29, 0.717) is 33.8 Å². The third-order valence-corrected chi connectivity index (χ3v) is 4.43. The fourth-order valence-electron chi connectivity index (χ4n) is 2.70. The number of carbonyl (C=O) groups is 1. The maximum Gasteiger partial charge on any atom is 0.339 e. The molecule has 0 bridgehead atoms. The minimum Gasteiger partial charge on any atom is -0.542 e. The molecule has 3 rings (SSSR count). The van der Waals surface area contributed by atoms with Crippen LogP contribution >= 0.6 is 0 Å². The van der Waals surface area contributed by atoms with Crippen LogP contribution in [0.5, 0.6) is 5.75 Å². The zero-order valence-corrected chi connectivity index (χ0v) is 14.4. The van der Waals surface area contributed by atoms with Crippen LogP contribution in [-0.2, 0) is 6.61 Å². The van der Waals surface area contributed by atoms with Crippen LogP contribution in [0.3, 0.4) is 0 Å². The van der Waals surface area contributed by atoms with Crippen LogP contribution in [0, 0.1) is 27.7 Å². The first-order valence-corrected chi connectivity index (χ1v) is 7.76. The summed E-state index contributed by atoms with van der Waals surface area (Å²) < 4.78 is 16.3. The highest BCUT2D eigenvalue weighted by atomic mass is 16.5. The lowest BCUT2D eigenvalue weighted by molar-refractivity contribution is -0.257. The molecular formula is C19H17O6-. The summed E-state index contributed by atoms with van der Waals surface area (Å²) in [6.45, 7) is 7.21. The van der Waals surface area contributed by atoms with Crippen molar-refractivity contribution in [3.05, 3.63) is 62.4 Å². The van der Waals surface area contributed by atoms with Crippen LogP contribution in [0.2, 0.25) is 0 Å². The lowest BCUT2D eigenvalue weighted by Gasteiger charge is -2.12. The molecule has 6 nitrogen and oxygen atoms in total. The predicted octanol–water partition coefficient (Wildman–Crippen LogP) is 2.56. The Balaban J connectivity index is 1.95. The molecule has 0 radical (unpaired) electrons. The molecule has 0 aliphatic heterocycles. The molecule has 6 heteroatoms. The van der Waals surface area contributed by atoms with Crippen molar-refractivity contribution in [2.45, 2.75) is 34.3 Å². The van der Waals surface area contributed by atoms with Crippen molar-refractivity contribution in [2.24, 2.45) is 0 Å². The van der Waals surface area contributed by atoms with Gasteiger partial charge < -0.3 is 23.5 Å². The standard InChI is InChI=1S/C19H18O6/c1-9-10(2)19(22)25-17-11(3)15(6-5-14(9)17)23-8-13-7-16(18(20)21)24-12(13)4/h5-7H,8H2,1-4H3,(H,20,21)/p-1. The van der Waals surface area contributed by atoms with Crippen molar-refractivity contribution in [3.63, 3.8) is 0 Å². The second-order valence-corrected chi connectivity index (χ2v) is 5.97. The van der Waals surface area contributed by atoms with Crippen LogP contribution < -0.4 is 15.5 Å². The molecule has 0 saturated heterocycles.